The van der Waals surface area contributed by atoms with Crippen molar-refractivity contribution in [3.8, 4) is 0 Å². The molecule has 1 unspecified atom stereocenters. The zero-order valence-electron chi connectivity index (χ0n) is 10.5. The summed E-state index contributed by atoms with van der Waals surface area (Å²) in [4.78, 5) is 0. The van der Waals surface area contributed by atoms with Crippen molar-refractivity contribution < 1.29 is 8.78 Å². The van der Waals surface area contributed by atoms with Crippen LogP contribution in [0.25, 0.3) is 0 Å². The molecule has 2 rings (SSSR count). The van der Waals surface area contributed by atoms with Gasteiger partial charge in [-0.2, -0.15) is 0 Å². The van der Waals surface area contributed by atoms with Crippen LogP contribution in [0.3, 0.4) is 0 Å². The van der Waals surface area contributed by atoms with Gasteiger partial charge in [-0.15, -0.1) is 0 Å². The van der Waals surface area contributed by atoms with Gasteiger partial charge in [0, 0.05) is 16.6 Å². The molecular weight excluding hydrogens is 268 g/mol. The quantitative estimate of drug-likeness (QED) is 0.889. The minimum Gasteiger partial charge on any atom is -0.313 e. The SMILES string of the molecule is CNC(Cc1c(F)cccc1F)c1ccccc1Cl. The minimum absolute atomic E-state index is 0.0711. The average molecular weight is 282 g/mol. The summed E-state index contributed by atoms with van der Waals surface area (Å²) in [6.07, 6.45) is 0.207. The van der Waals surface area contributed by atoms with E-state index in [2.05, 4.69) is 5.32 Å². The standard InChI is InChI=1S/C15H14ClF2N/c1-19-15(10-5-2-3-6-12(10)16)9-11-13(17)7-4-8-14(11)18/h2-8,15,19H,9H2,1H3. The van der Waals surface area contributed by atoms with Crippen molar-refractivity contribution in [2.24, 2.45) is 0 Å². The second kappa shape index (κ2) is 6.13. The molecule has 0 aliphatic heterocycles. The third-order valence-corrected chi connectivity index (χ3v) is 3.44. The van der Waals surface area contributed by atoms with Crippen LogP contribution in [0.15, 0.2) is 42.5 Å². The van der Waals surface area contributed by atoms with Crippen LogP contribution in [-0.2, 0) is 6.42 Å². The summed E-state index contributed by atoms with van der Waals surface area (Å²) >= 11 is 6.12. The fraction of sp³-hybridized carbons (Fsp3) is 0.200. The molecule has 4 heteroatoms. The maximum Gasteiger partial charge on any atom is 0.129 e. The highest BCUT2D eigenvalue weighted by Crippen LogP contribution is 2.27. The lowest BCUT2D eigenvalue weighted by molar-refractivity contribution is 0.515. The Kier molecular flexibility index (Phi) is 4.51. The van der Waals surface area contributed by atoms with Crippen LogP contribution in [0.1, 0.15) is 17.2 Å². The number of nitrogens with one attached hydrogen (secondary N) is 1. The largest absolute Gasteiger partial charge is 0.313 e. The topological polar surface area (TPSA) is 12.0 Å². The average Bonchev–Trinajstić information content (AvgIpc) is 2.40. The molecule has 0 saturated carbocycles. The van der Waals surface area contributed by atoms with Gasteiger partial charge in [-0.05, 0) is 37.2 Å². The Balaban J connectivity index is 2.32. The second-order valence-electron chi connectivity index (χ2n) is 4.27. The lowest BCUT2D eigenvalue weighted by Gasteiger charge is -2.18. The van der Waals surface area contributed by atoms with Crippen molar-refractivity contribution in [2.75, 3.05) is 7.05 Å². The molecule has 0 heterocycles. The van der Waals surface area contributed by atoms with E-state index in [4.69, 9.17) is 11.6 Å². The zero-order chi connectivity index (χ0) is 13.8. The molecule has 2 aromatic carbocycles. The molecule has 0 fully saturated rings. The van der Waals surface area contributed by atoms with Crippen molar-refractivity contribution in [1.29, 1.82) is 0 Å². The molecule has 0 aliphatic carbocycles. The van der Waals surface area contributed by atoms with E-state index in [-0.39, 0.29) is 18.0 Å². The van der Waals surface area contributed by atoms with Gasteiger partial charge in [-0.1, -0.05) is 35.9 Å². The van der Waals surface area contributed by atoms with E-state index in [1.165, 1.54) is 18.2 Å². The second-order valence-corrected chi connectivity index (χ2v) is 4.67. The van der Waals surface area contributed by atoms with Gasteiger partial charge < -0.3 is 5.32 Å². The summed E-state index contributed by atoms with van der Waals surface area (Å²) in [6.45, 7) is 0. The maximum absolute atomic E-state index is 13.7. The normalized spacial score (nSPS) is 12.4. The zero-order valence-corrected chi connectivity index (χ0v) is 11.2. The number of likely N-dealkylation sites (N-methyl/N-ethyl adjacent to an activating group) is 1. The molecule has 0 saturated heterocycles. The Morgan fingerprint density at radius 1 is 1.05 bits per heavy atom. The number of rotatable bonds is 4. The molecule has 1 N–H and O–H groups in total. The Morgan fingerprint density at radius 2 is 1.68 bits per heavy atom. The number of hydrogen-bond acceptors (Lipinski definition) is 1. The highest BCUT2D eigenvalue weighted by molar-refractivity contribution is 6.31. The van der Waals surface area contributed by atoms with Gasteiger partial charge in [0.2, 0.25) is 0 Å². The van der Waals surface area contributed by atoms with Gasteiger partial charge in [-0.3, -0.25) is 0 Å². The van der Waals surface area contributed by atoms with Gasteiger partial charge in [0.1, 0.15) is 11.6 Å². The number of benzene rings is 2. The first-order valence-corrected chi connectivity index (χ1v) is 6.36. The van der Waals surface area contributed by atoms with Crippen LogP contribution >= 0.6 is 11.6 Å². The maximum atomic E-state index is 13.7. The smallest absolute Gasteiger partial charge is 0.129 e. The Morgan fingerprint density at radius 3 is 2.26 bits per heavy atom. The van der Waals surface area contributed by atoms with Crippen molar-refractivity contribution in [3.05, 3.63) is 70.2 Å². The molecule has 0 bridgehead atoms. The third-order valence-electron chi connectivity index (χ3n) is 3.10. The predicted molar refractivity (Wildman–Crippen MR) is 73.3 cm³/mol. The van der Waals surface area contributed by atoms with E-state index in [0.717, 1.165) is 5.56 Å². The molecule has 19 heavy (non-hydrogen) atoms. The third kappa shape index (κ3) is 3.11. The summed E-state index contributed by atoms with van der Waals surface area (Å²) in [7, 11) is 1.74. The molecule has 0 aromatic heterocycles. The van der Waals surface area contributed by atoms with Crippen LogP contribution in [0.5, 0.6) is 0 Å². The molecule has 1 nitrogen and oxygen atoms in total. The van der Waals surface area contributed by atoms with Crippen LogP contribution < -0.4 is 5.32 Å². The van der Waals surface area contributed by atoms with Crippen LogP contribution in [0.2, 0.25) is 5.02 Å². The fourth-order valence-electron chi connectivity index (χ4n) is 2.06. The summed E-state index contributed by atoms with van der Waals surface area (Å²) in [5, 5.41) is 3.63. The van der Waals surface area contributed by atoms with E-state index in [0.29, 0.717) is 5.02 Å². The summed E-state index contributed by atoms with van der Waals surface area (Å²) in [6, 6.07) is 10.9. The van der Waals surface area contributed by atoms with Crippen molar-refractivity contribution in [1.82, 2.24) is 5.32 Å². The first-order chi connectivity index (χ1) is 9.13. The first-order valence-electron chi connectivity index (χ1n) is 5.98. The van der Waals surface area contributed by atoms with Crippen LogP contribution in [0.4, 0.5) is 8.78 Å². The van der Waals surface area contributed by atoms with Gasteiger partial charge in [0.15, 0.2) is 0 Å². The van der Waals surface area contributed by atoms with Crippen molar-refractivity contribution in [2.45, 2.75) is 12.5 Å². The molecule has 2 aromatic rings. The fourth-order valence-corrected chi connectivity index (χ4v) is 2.32. The van der Waals surface area contributed by atoms with Gasteiger partial charge in [-0.25, -0.2) is 8.78 Å². The lowest BCUT2D eigenvalue weighted by atomic mass is 9.98. The van der Waals surface area contributed by atoms with Gasteiger partial charge in [0.25, 0.3) is 0 Å². The molecule has 0 aliphatic rings. The summed E-state index contributed by atoms with van der Waals surface area (Å²) in [5.74, 6) is -1.07. The van der Waals surface area contributed by atoms with E-state index >= 15 is 0 Å². The summed E-state index contributed by atoms with van der Waals surface area (Å²) in [5.41, 5.74) is 0.899. The molecule has 0 radical (unpaired) electrons. The van der Waals surface area contributed by atoms with Gasteiger partial charge >= 0.3 is 0 Å². The van der Waals surface area contributed by atoms with E-state index in [1.807, 2.05) is 18.2 Å². The highest BCUT2D eigenvalue weighted by Gasteiger charge is 2.17. The molecule has 1 atom stereocenters. The number of halogens is 3. The molecular formula is C15H14ClF2N. The molecule has 0 spiro atoms. The highest BCUT2D eigenvalue weighted by atomic mass is 35.5. The van der Waals surface area contributed by atoms with Crippen molar-refractivity contribution >= 4 is 11.6 Å². The van der Waals surface area contributed by atoms with E-state index in [1.54, 1.807) is 13.1 Å². The van der Waals surface area contributed by atoms with E-state index in [9.17, 15) is 8.78 Å². The molecule has 100 valence electrons. The van der Waals surface area contributed by atoms with Crippen LogP contribution in [-0.4, -0.2) is 7.05 Å². The Bertz CT molecular complexity index is 552. The van der Waals surface area contributed by atoms with Crippen LogP contribution in [0, 0.1) is 11.6 Å². The number of hydrogen-bond donors (Lipinski definition) is 1. The lowest BCUT2D eigenvalue weighted by Crippen LogP contribution is -2.20. The Labute approximate surface area is 116 Å². The molecule has 0 amide bonds. The van der Waals surface area contributed by atoms with Gasteiger partial charge in [0.05, 0.1) is 0 Å². The monoisotopic (exact) mass is 281 g/mol. The Hall–Kier alpha value is -1.45. The van der Waals surface area contributed by atoms with E-state index < -0.39 is 11.6 Å². The predicted octanol–water partition coefficient (Wildman–Crippen LogP) is 4.12. The summed E-state index contributed by atoms with van der Waals surface area (Å²) < 4.78 is 27.3. The van der Waals surface area contributed by atoms with Crippen molar-refractivity contribution in [3.63, 3.8) is 0 Å². The minimum atomic E-state index is -0.535. The first kappa shape index (κ1) is 14.0.